The molecule has 3 heteroatoms. The molecule has 15 heavy (non-hydrogen) atoms. The molecule has 1 aromatic rings. The van der Waals surface area contributed by atoms with Crippen LogP contribution in [0.1, 0.15) is 29.5 Å². The van der Waals surface area contributed by atoms with E-state index in [2.05, 4.69) is 35.0 Å². The van der Waals surface area contributed by atoms with Crippen molar-refractivity contribution in [2.45, 2.75) is 33.1 Å². The minimum atomic E-state index is -0.721. The molecule has 82 valence electrons. The van der Waals surface area contributed by atoms with Crippen molar-refractivity contribution in [3.8, 4) is 0 Å². The van der Waals surface area contributed by atoms with E-state index in [1.165, 1.54) is 16.7 Å². The normalized spacial score (nSPS) is 10.3. The molecular weight excluding hydrogens is 256 g/mol. The quantitative estimate of drug-likeness (QED) is 0.910. The third-order valence-electron chi connectivity index (χ3n) is 2.45. The lowest BCUT2D eigenvalue weighted by atomic mass is 10.0. The van der Waals surface area contributed by atoms with Crippen LogP contribution in [0.5, 0.6) is 0 Å². The Labute approximate surface area is 98.4 Å². The molecule has 0 fully saturated rings. The molecule has 1 rings (SSSR count). The van der Waals surface area contributed by atoms with Crippen molar-refractivity contribution in [2.24, 2.45) is 0 Å². The van der Waals surface area contributed by atoms with Crippen LogP contribution in [0.4, 0.5) is 0 Å². The standard InChI is InChI=1S/C12H15BrO2/c1-8-7-11(13)9(2)6-10(8)4-3-5-12(14)15/h6-7H,3-5H2,1-2H3,(H,14,15). The van der Waals surface area contributed by atoms with Gasteiger partial charge in [0.25, 0.3) is 0 Å². The lowest BCUT2D eigenvalue weighted by Crippen LogP contribution is -1.97. The topological polar surface area (TPSA) is 37.3 Å². The molecule has 0 aromatic heterocycles. The minimum Gasteiger partial charge on any atom is -0.481 e. The summed E-state index contributed by atoms with van der Waals surface area (Å²) < 4.78 is 1.11. The van der Waals surface area contributed by atoms with Crippen molar-refractivity contribution in [1.82, 2.24) is 0 Å². The average Bonchev–Trinajstić information content (AvgIpc) is 2.13. The predicted octanol–water partition coefficient (Wildman–Crippen LogP) is 3.47. The second-order valence-corrected chi connectivity index (χ2v) is 4.63. The maximum absolute atomic E-state index is 10.4. The van der Waals surface area contributed by atoms with E-state index >= 15 is 0 Å². The zero-order valence-electron chi connectivity index (χ0n) is 9.01. The van der Waals surface area contributed by atoms with Crippen molar-refractivity contribution in [2.75, 3.05) is 0 Å². The van der Waals surface area contributed by atoms with Gasteiger partial charge in [-0.2, -0.15) is 0 Å². The van der Waals surface area contributed by atoms with Gasteiger partial charge in [-0.1, -0.05) is 22.0 Å². The molecular formula is C12H15BrO2. The van der Waals surface area contributed by atoms with Crippen LogP contribution in [0, 0.1) is 13.8 Å². The summed E-state index contributed by atoms with van der Waals surface area (Å²) in [5, 5.41) is 8.55. The second kappa shape index (κ2) is 5.31. The molecule has 0 aliphatic rings. The van der Waals surface area contributed by atoms with Gasteiger partial charge in [-0.3, -0.25) is 4.79 Å². The minimum absolute atomic E-state index is 0.245. The first kappa shape index (κ1) is 12.2. The highest BCUT2D eigenvalue weighted by Gasteiger charge is 2.04. The van der Waals surface area contributed by atoms with E-state index in [1.54, 1.807) is 0 Å². The molecule has 2 nitrogen and oxygen atoms in total. The summed E-state index contributed by atoms with van der Waals surface area (Å²) in [6.07, 6.45) is 1.79. The van der Waals surface area contributed by atoms with Gasteiger partial charge in [-0.15, -0.1) is 0 Å². The van der Waals surface area contributed by atoms with Crippen LogP contribution in [0.25, 0.3) is 0 Å². The third-order valence-corrected chi connectivity index (χ3v) is 3.31. The first-order chi connectivity index (χ1) is 7.00. The summed E-state index contributed by atoms with van der Waals surface area (Å²) >= 11 is 3.48. The molecule has 0 radical (unpaired) electrons. The van der Waals surface area contributed by atoms with Crippen molar-refractivity contribution in [1.29, 1.82) is 0 Å². The molecule has 0 saturated carbocycles. The number of hydrogen-bond donors (Lipinski definition) is 1. The van der Waals surface area contributed by atoms with Gasteiger partial charge in [-0.25, -0.2) is 0 Å². The van der Waals surface area contributed by atoms with Gasteiger partial charge in [0.05, 0.1) is 0 Å². The first-order valence-corrected chi connectivity index (χ1v) is 5.77. The third kappa shape index (κ3) is 3.67. The van der Waals surface area contributed by atoms with Gasteiger partial charge in [-0.05, 0) is 49.4 Å². The highest BCUT2D eigenvalue weighted by Crippen LogP contribution is 2.22. The summed E-state index contributed by atoms with van der Waals surface area (Å²) in [6, 6.07) is 4.21. The number of benzene rings is 1. The zero-order chi connectivity index (χ0) is 11.4. The van der Waals surface area contributed by atoms with Crippen LogP contribution in [-0.2, 0) is 11.2 Å². The highest BCUT2D eigenvalue weighted by atomic mass is 79.9. The van der Waals surface area contributed by atoms with E-state index < -0.39 is 5.97 Å². The SMILES string of the molecule is Cc1cc(CCCC(=O)O)c(C)cc1Br. The van der Waals surface area contributed by atoms with Crippen LogP contribution in [-0.4, -0.2) is 11.1 Å². The summed E-state index contributed by atoms with van der Waals surface area (Å²) in [5.41, 5.74) is 3.67. The molecule has 1 aromatic carbocycles. The van der Waals surface area contributed by atoms with Crippen molar-refractivity contribution < 1.29 is 9.90 Å². The number of halogens is 1. The molecule has 0 atom stereocenters. The monoisotopic (exact) mass is 270 g/mol. The Morgan fingerprint density at radius 3 is 2.60 bits per heavy atom. The fraction of sp³-hybridized carbons (Fsp3) is 0.417. The maximum Gasteiger partial charge on any atom is 0.303 e. The van der Waals surface area contributed by atoms with E-state index in [-0.39, 0.29) is 6.42 Å². The van der Waals surface area contributed by atoms with E-state index in [0.29, 0.717) is 6.42 Å². The number of rotatable bonds is 4. The van der Waals surface area contributed by atoms with Gasteiger partial charge in [0.2, 0.25) is 0 Å². The average molecular weight is 271 g/mol. The lowest BCUT2D eigenvalue weighted by molar-refractivity contribution is -0.137. The van der Waals surface area contributed by atoms with Crippen LogP contribution in [0.3, 0.4) is 0 Å². The Bertz CT molecular complexity index is 372. The Kier molecular flexibility index (Phi) is 4.33. The summed E-state index contributed by atoms with van der Waals surface area (Å²) in [4.78, 5) is 10.4. The predicted molar refractivity (Wildman–Crippen MR) is 64.2 cm³/mol. The first-order valence-electron chi connectivity index (χ1n) is 4.98. The van der Waals surface area contributed by atoms with Gasteiger partial charge in [0, 0.05) is 10.9 Å². The van der Waals surface area contributed by atoms with E-state index in [1.807, 2.05) is 6.92 Å². The van der Waals surface area contributed by atoms with Gasteiger partial charge < -0.3 is 5.11 Å². The van der Waals surface area contributed by atoms with Crippen LogP contribution < -0.4 is 0 Å². The van der Waals surface area contributed by atoms with Crippen molar-refractivity contribution in [3.63, 3.8) is 0 Å². The van der Waals surface area contributed by atoms with Gasteiger partial charge in [0.1, 0.15) is 0 Å². The lowest BCUT2D eigenvalue weighted by Gasteiger charge is -2.08. The van der Waals surface area contributed by atoms with E-state index in [0.717, 1.165) is 10.9 Å². The Hall–Kier alpha value is -0.830. The fourth-order valence-electron chi connectivity index (χ4n) is 1.54. The Balaban J connectivity index is 2.69. The molecule has 0 aliphatic heterocycles. The van der Waals surface area contributed by atoms with Crippen LogP contribution in [0.15, 0.2) is 16.6 Å². The fourth-order valence-corrected chi connectivity index (χ4v) is 2.00. The summed E-state index contributed by atoms with van der Waals surface area (Å²) in [7, 11) is 0. The molecule has 0 bridgehead atoms. The molecule has 0 aliphatic carbocycles. The highest BCUT2D eigenvalue weighted by molar-refractivity contribution is 9.10. The molecule has 0 unspecified atom stereocenters. The molecule has 0 amide bonds. The van der Waals surface area contributed by atoms with Gasteiger partial charge in [0.15, 0.2) is 0 Å². The Morgan fingerprint density at radius 1 is 1.33 bits per heavy atom. The molecule has 0 spiro atoms. The van der Waals surface area contributed by atoms with Gasteiger partial charge >= 0.3 is 5.97 Å². The number of carboxylic acid groups (broad SMARTS) is 1. The number of hydrogen-bond acceptors (Lipinski definition) is 1. The van der Waals surface area contributed by atoms with E-state index in [9.17, 15) is 4.79 Å². The molecule has 0 heterocycles. The number of carboxylic acids is 1. The smallest absolute Gasteiger partial charge is 0.303 e. The number of aliphatic carboxylic acids is 1. The molecule has 1 N–H and O–H groups in total. The van der Waals surface area contributed by atoms with Crippen molar-refractivity contribution in [3.05, 3.63) is 33.3 Å². The summed E-state index contributed by atoms with van der Waals surface area (Å²) in [5.74, 6) is -0.721. The molecule has 0 saturated heterocycles. The number of aryl methyl sites for hydroxylation is 3. The van der Waals surface area contributed by atoms with Crippen LogP contribution in [0.2, 0.25) is 0 Å². The Morgan fingerprint density at radius 2 is 2.00 bits per heavy atom. The maximum atomic E-state index is 10.4. The second-order valence-electron chi connectivity index (χ2n) is 3.78. The largest absolute Gasteiger partial charge is 0.481 e. The van der Waals surface area contributed by atoms with E-state index in [4.69, 9.17) is 5.11 Å². The summed E-state index contributed by atoms with van der Waals surface area (Å²) in [6.45, 7) is 4.10. The van der Waals surface area contributed by atoms with Crippen molar-refractivity contribution >= 4 is 21.9 Å². The number of carbonyl (C=O) groups is 1. The zero-order valence-corrected chi connectivity index (χ0v) is 10.6. The van der Waals surface area contributed by atoms with Crippen LogP contribution >= 0.6 is 15.9 Å².